The molecule has 0 bridgehead atoms. The van der Waals surface area contributed by atoms with Crippen LogP contribution in [0.25, 0.3) is 0 Å². The third-order valence-electron chi connectivity index (χ3n) is 2.34. The van der Waals surface area contributed by atoms with E-state index in [9.17, 15) is 6.37 Å². The number of unbranched alkanes of at least 4 members (excludes halogenated alkanes) is 1. The van der Waals surface area contributed by atoms with Crippen molar-refractivity contribution < 1.29 is 47.0 Å². The average Bonchev–Trinajstić information content (AvgIpc) is 2.18. The van der Waals surface area contributed by atoms with Gasteiger partial charge in [0.2, 0.25) is 0 Å². The molecular formula is C16H38O7SiZr. The van der Waals surface area contributed by atoms with Gasteiger partial charge in [0.15, 0.2) is 0 Å². The van der Waals surface area contributed by atoms with E-state index in [-0.39, 0.29) is 6.61 Å². The molecule has 2 N–H and O–H groups in total. The molecule has 0 aromatic heterocycles. The van der Waals surface area contributed by atoms with Crippen molar-refractivity contribution in [3.05, 3.63) is 0 Å². The zero-order valence-corrected chi connectivity index (χ0v) is 21.0. The van der Waals surface area contributed by atoms with Crippen LogP contribution in [0.5, 0.6) is 0 Å². The summed E-state index contributed by atoms with van der Waals surface area (Å²) in [5.74, 6) is 0. The predicted molar refractivity (Wildman–Crippen MR) is 94.7 cm³/mol. The summed E-state index contributed by atoms with van der Waals surface area (Å²) >= 11 is -5.32. The first-order valence-electron chi connectivity index (χ1n) is 8.78. The van der Waals surface area contributed by atoms with Crippen molar-refractivity contribution in [2.75, 3.05) is 6.61 Å². The van der Waals surface area contributed by atoms with Crippen LogP contribution >= 0.6 is 0 Å². The van der Waals surface area contributed by atoms with Gasteiger partial charge >= 0.3 is 162 Å². The molecule has 0 saturated carbocycles. The van der Waals surface area contributed by atoms with E-state index in [0.717, 1.165) is 6.42 Å². The zero-order chi connectivity index (χ0) is 20.2. The van der Waals surface area contributed by atoms with Gasteiger partial charge in [0, 0.05) is 0 Å². The normalized spacial score (nSPS) is 14.9. The van der Waals surface area contributed by atoms with Gasteiger partial charge in [-0.1, -0.05) is 0 Å². The van der Waals surface area contributed by atoms with Crippen LogP contribution in [0.3, 0.4) is 0 Å². The van der Waals surface area contributed by atoms with E-state index in [1.54, 1.807) is 0 Å². The Balaban J connectivity index is 5.71. The molecule has 25 heavy (non-hydrogen) atoms. The summed E-state index contributed by atoms with van der Waals surface area (Å²) in [5.41, 5.74) is -2.02. The van der Waals surface area contributed by atoms with Crippen LogP contribution in [0.2, 0.25) is 0 Å². The van der Waals surface area contributed by atoms with E-state index < -0.39 is 47.9 Å². The predicted octanol–water partition coefficient (Wildman–Crippen LogP) is 3.50. The molecule has 0 unspecified atom stereocenters. The van der Waals surface area contributed by atoms with Crippen LogP contribution in [0.1, 0.15) is 82.1 Å². The molecule has 0 spiro atoms. The maximum atomic E-state index is 10.4. The molecule has 9 heteroatoms. The van der Waals surface area contributed by atoms with Gasteiger partial charge in [0.1, 0.15) is 0 Å². The van der Waals surface area contributed by atoms with Crippen LogP contribution < -0.4 is 0 Å². The van der Waals surface area contributed by atoms with Gasteiger partial charge in [-0.05, 0) is 0 Å². The topological polar surface area (TPSA) is 86.6 Å². The third kappa shape index (κ3) is 13.6. The maximum absolute atomic E-state index is 10.4. The second-order valence-corrected chi connectivity index (χ2v) is 15.7. The quantitative estimate of drug-likeness (QED) is 0.401. The summed E-state index contributed by atoms with van der Waals surface area (Å²) in [6, 6.07) is 0. The molecule has 7 nitrogen and oxygen atoms in total. The minimum atomic E-state index is -5.32. The van der Waals surface area contributed by atoms with Crippen LogP contribution in [0, 0.1) is 0 Å². The minimum absolute atomic E-state index is 0.213. The van der Waals surface area contributed by atoms with Crippen LogP contribution in [-0.2, 0) is 40.6 Å². The standard InChI is InChI=1S/C12H27O4Si.C4H9O.2H2O.Zr/c1-10(2,3)14-17(13,15-11(4,5)6)16-12(7,8)9;1-2-3-4-5;;;/h1-9H3;2-4H2,1H3;2*1H2;/q2*-1;;;+4/p-2. The molecule has 0 saturated heterocycles. The Kier molecular flexibility index (Phi) is 9.65. The monoisotopic (exact) mass is 460 g/mol. The second-order valence-electron chi connectivity index (χ2n) is 9.00. The van der Waals surface area contributed by atoms with Crippen molar-refractivity contribution in [3.8, 4) is 0 Å². The van der Waals surface area contributed by atoms with Gasteiger partial charge in [-0.15, -0.1) is 0 Å². The van der Waals surface area contributed by atoms with Crippen LogP contribution in [-0.4, -0.2) is 38.8 Å². The summed E-state index contributed by atoms with van der Waals surface area (Å²) < 4.78 is 49.8. The van der Waals surface area contributed by atoms with Gasteiger partial charge in [-0.25, -0.2) is 0 Å². The molecule has 0 heterocycles. The van der Waals surface area contributed by atoms with E-state index in [1.807, 2.05) is 69.2 Å². The average molecular weight is 462 g/mol. The van der Waals surface area contributed by atoms with E-state index >= 15 is 0 Å². The Morgan fingerprint density at radius 3 is 1.40 bits per heavy atom. The molecule has 0 amide bonds. The first kappa shape index (κ1) is 25.8. The summed E-state index contributed by atoms with van der Waals surface area (Å²) in [5, 5.41) is 0. The molecule has 0 aliphatic rings. The Morgan fingerprint density at radius 1 is 0.760 bits per heavy atom. The van der Waals surface area contributed by atoms with Crippen LogP contribution in [0.15, 0.2) is 0 Å². The molecule has 152 valence electrons. The van der Waals surface area contributed by atoms with E-state index in [1.165, 1.54) is 0 Å². The van der Waals surface area contributed by atoms with Gasteiger partial charge < -0.3 is 0 Å². The van der Waals surface area contributed by atoms with Gasteiger partial charge in [0.05, 0.1) is 0 Å². The Bertz CT molecular complexity index is 356. The molecule has 0 aliphatic heterocycles. The van der Waals surface area contributed by atoms with Crippen molar-refractivity contribution >= 4 is 9.05 Å². The molecule has 0 rings (SSSR count). The molecule has 0 fully saturated rings. The molecule has 0 aromatic carbocycles. The summed E-state index contributed by atoms with van der Waals surface area (Å²) in [6.07, 6.45) is 1.58. The van der Waals surface area contributed by atoms with Crippen molar-refractivity contribution in [2.24, 2.45) is 0 Å². The third-order valence-corrected chi connectivity index (χ3v) is 10.7. The van der Waals surface area contributed by atoms with Crippen molar-refractivity contribution in [3.63, 3.8) is 0 Å². The fourth-order valence-corrected chi connectivity index (χ4v) is 9.44. The Labute approximate surface area is 161 Å². The molecule has 0 radical (unpaired) electrons. The van der Waals surface area contributed by atoms with Crippen molar-refractivity contribution in [1.29, 1.82) is 0 Å². The molecule has 0 atom stereocenters. The van der Waals surface area contributed by atoms with Crippen molar-refractivity contribution in [2.45, 2.75) is 98.9 Å². The van der Waals surface area contributed by atoms with E-state index in [4.69, 9.17) is 18.6 Å². The van der Waals surface area contributed by atoms with Gasteiger partial charge in [-0.3, -0.25) is 0 Å². The number of rotatable bonds is 9. The fourth-order valence-electron chi connectivity index (χ4n) is 1.79. The number of hydrogen-bond donors (Lipinski definition) is 2. The first-order chi connectivity index (χ1) is 10.9. The second kappa shape index (κ2) is 9.34. The van der Waals surface area contributed by atoms with Crippen LogP contribution in [0.4, 0.5) is 0 Å². The SMILES string of the molecule is CCCC[O][Zr]([OH])([OH])[O][Si](OC(C)(C)C)(OC(C)(C)C)OC(C)(C)C. The van der Waals surface area contributed by atoms with Gasteiger partial charge in [-0.2, -0.15) is 0 Å². The number of hydrogen-bond acceptors (Lipinski definition) is 7. The summed E-state index contributed by atoms with van der Waals surface area (Å²) in [7, 11) is -3.93. The first-order valence-corrected chi connectivity index (χ1v) is 14.6. The summed E-state index contributed by atoms with van der Waals surface area (Å²) in [6.45, 7) is 18.7. The Hall–Kier alpha value is 0.820. The van der Waals surface area contributed by atoms with E-state index in [0.29, 0.717) is 6.42 Å². The summed E-state index contributed by atoms with van der Waals surface area (Å²) in [4.78, 5) is 0. The molecule has 0 aliphatic carbocycles. The van der Waals surface area contributed by atoms with Crippen molar-refractivity contribution in [1.82, 2.24) is 0 Å². The molecular weight excluding hydrogens is 423 g/mol. The van der Waals surface area contributed by atoms with E-state index in [2.05, 4.69) is 0 Å². The fraction of sp³-hybridized carbons (Fsp3) is 1.00. The van der Waals surface area contributed by atoms with Gasteiger partial charge in [0.25, 0.3) is 0 Å². The molecule has 0 aromatic rings. The zero-order valence-electron chi connectivity index (χ0n) is 17.6. The Morgan fingerprint density at radius 2 is 1.12 bits per heavy atom.